The molecule has 404 valence electrons. The predicted octanol–water partition coefficient (Wildman–Crippen LogP) is 9.06. The van der Waals surface area contributed by atoms with Crippen LogP contribution in [0.15, 0.2) is 76.7 Å². The van der Waals surface area contributed by atoms with Crippen LogP contribution in [0.5, 0.6) is 0 Å². The number of hydrogen-bond donors (Lipinski definition) is 0. The number of halogens is 1. The number of piperazine rings is 1. The van der Waals surface area contributed by atoms with Crippen LogP contribution in [0.3, 0.4) is 0 Å². The first-order chi connectivity index (χ1) is 35.1. The molecule has 0 spiro atoms. The van der Waals surface area contributed by atoms with Gasteiger partial charge in [0.25, 0.3) is 5.91 Å². The maximum Gasteiger partial charge on any atom is 0.302 e. The van der Waals surface area contributed by atoms with Crippen LogP contribution in [0.25, 0.3) is 33.4 Å². The van der Waals surface area contributed by atoms with Gasteiger partial charge in [-0.15, -0.1) is 0 Å². The second-order valence-corrected chi connectivity index (χ2v) is 25.6. The molecule has 2 aromatic rings. The number of anilines is 1. The zero-order valence-electron chi connectivity index (χ0n) is 47.3. The highest BCUT2D eigenvalue weighted by Gasteiger charge is 2.71. The van der Waals surface area contributed by atoms with E-state index in [1.54, 1.807) is 0 Å². The number of benzene rings is 3. The largest absolute Gasteiger partial charge is 1.00 e. The highest BCUT2D eigenvalue weighted by atomic mass is 35.5. The van der Waals surface area contributed by atoms with Crippen molar-refractivity contribution >= 4 is 40.2 Å². The Bertz CT molecular complexity index is 2970. The number of amides is 2. The second kappa shape index (κ2) is 19.8. The molecular formula is C64H85ClN4O6. The van der Waals surface area contributed by atoms with Gasteiger partial charge >= 0.3 is 5.97 Å². The predicted molar refractivity (Wildman–Crippen MR) is 296 cm³/mol. The first kappa shape index (κ1) is 54.8. The van der Waals surface area contributed by atoms with Crippen LogP contribution in [0.2, 0.25) is 0 Å². The minimum Gasteiger partial charge on any atom is -1.00 e. The summed E-state index contributed by atoms with van der Waals surface area (Å²) in [6.45, 7) is 32.0. The topological polar surface area (TPSA) is 103 Å². The SMILES string of the molecule is CCN(CC)c1ccc2c(-c3ccccc3C(=O)N3CCN(C(=O)[C@]45CCC(C)(C)C[C@H]4C4=CC(=O)[C@@H]6[C@@]7(C)CC[C@H](OC(C)=O)C(C)(C)[C@@H]7CC[C@@]6(C)[C@]4(C)CC5)CC3)c3ccc(=[N+](CC)CC)cc-3oc2c1.[Cl-]. The van der Waals surface area contributed by atoms with Gasteiger partial charge in [0, 0.05) is 97.4 Å². The lowest BCUT2D eigenvalue weighted by Crippen LogP contribution is -3.00. The number of hydrogen-bond acceptors (Lipinski definition) is 7. The number of nitrogens with zero attached hydrogens (tertiary/aromatic N) is 4. The molecule has 2 aliphatic heterocycles. The standard InChI is InChI=1S/C64H85N4O6.ClH/c1-13-65(14-2)42-21-23-46-51(37-42)74-52-38-43(66(15-3)16-4)22-24-47(52)55(46)44-19-17-18-20-45(44)57(71)67-33-35-68(36-34-67)58(72)64-31-29-59(6,7)40-49(64)48-39-50(70)56-61(10)27-26-54(73-41(5)69)60(8,9)53(61)25-28-63(56,12)62(48,11)30-32-64;/h17-24,37-39,49,53-54,56H,13-16,25-36,40H2,1-12H3;1H/q+1;/p-1/t49-,53-,54-,56+,61-,62+,63+,64-;/m0./s1. The number of ketones is 1. The summed E-state index contributed by atoms with van der Waals surface area (Å²) in [5.41, 5.74) is 5.03. The average molecular weight is 1040 g/mol. The van der Waals surface area contributed by atoms with E-state index < -0.39 is 5.41 Å². The number of esters is 1. The summed E-state index contributed by atoms with van der Waals surface area (Å²) in [6.07, 6.45) is 9.80. The van der Waals surface area contributed by atoms with Crippen LogP contribution in [0.1, 0.15) is 151 Å². The van der Waals surface area contributed by atoms with Crippen molar-refractivity contribution in [2.24, 2.45) is 50.2 Å². The smallest absolute Gasteiger partial charge is 0.302 e. The highest BCUT2D eigenvalue weighted by Crippen LogP contribution is 2.75. The number of fused-ring (bicyclic) bond motifs is 9. The van der Waals surface area contributed by atoms with Crippen LogP contribution >= 0.6 is 0 Å². The van der Waals surface area contributed by atoms with E-state index in [4.69, 9.17) is 9.15 Å². The molecule has 2 heterocycles. The van der Waals surface area contributed by atoms with Gasteiger partial charge < -0.3 is 36.3 Å². The number of allylic oxidation sites excluding steroid dienone is 2. The van der Waals surface area contributed by atoms with Crippen molar-refractivity contribution in [3.8, 4) is 22.5 Å². The van der Waals surface area contributed by atoms with Crippen molar-refractivity contribution in [1.29, 1.82) is 0 Å². The van der Waals surface area contributed by atoms with Crippen LogP contribution in [0.4, 0.5) is 5.69 Å². The summed E-state index contributed by atoms with van der Waals surface area (Å²) in [5, 5.41) is 2.06. The summed E-state index contributed by atoms with van der Waals surface area (Å²) in [6, 6.07) is 21.0. The van der Waals surface area contributed by atoms with Gasteiger partial charge in [0.15, 0.2) is 5.78 Å². The lowest BCUT2D eigenvalue weighted by molar-refractivity contribution is -0.211. The van der Waals surface area contributed by atoms with Crippen LogP contribution in [-0.2, 0) is 19.1 Å². The molecule has 0 aromatic heterocycles. The summed E-state index contributed by atoms with van der Waals surface area (Å²) >= 11 is 0. The molecule has 0 unspecified atom stereocenters. The number of carbonyl (C=O) groups excluding carboxylic acids is 4. The van der Waals surface area contributed by atoms with Crippen molar-refractivity contribution in [3.05, 3.63) is 83.2 Å². The fraction of sp³-hybridized carbons (Fsp3) is 0.609. The molecule has 0 N–H and O–H groups in total. The maximum atomic E-state index is 15.7. The molecule has 2 amide bonds. The van der Waals surface area contributed by atoms with Crippen molar-refractivity contribution in [3.63, 3.8) is 0 Å². The molecule has 5 fully saturated rings. The lowest BCUT2D eigenvalue weighted by atomic mass is 9.33. The summed E-state index contributed by atoms with van der Waals surface area (Å²) in [4.78, 5) is 64.6. The van der Waals surface area contributed by atoms with E-state index in [1.165, 1.54) is 12.5 Å². The molecule has 10 rings (SSSR count). The summed E-state index contributed by atoms with van der Waals surface area (Å²) < 4.78 is 15.1. The Morgan fingerprint density at radius 2 is 1.45 bits per heavy atom. The zero-order chi connectivity index (χ0) is 52.9. The molecule has 4 saturated carbocycles. The van der Waals surface area contributed by atoms with Gasteiger partial charge in [-0.1, -0.05) is 72.2 Å². The third kappa shape index (κ3) is 8.59. The van der Waals surface area contributed by atoms with Gasteiger partial charge in [-0.2, -0.15) is 0 Å². The fourth-order valence-electron chi connectivity index (χ4n) is 17.1. The molecule has 11 heteroatoms. The molecule has 8 atom stereocenters. The molecule has 75 heavy (non-hydrogen) atoms. The Balaban J connectivity index is 0.00000689. The minimum absolute atomic E-state index is 0. The van der Waals surface area contributed by atoms with Crippen molar-refractivity contribution in [2.75, 3.05) is 57.3 Å². The number of carbonyl (C=O) groups is 4. The van der Waals surface area contributed by atoms with E-state index in [-0.39, 0.29) is 86.9 Å². The molecule has 2 aromatic carbocycles. The Kier molecular flexibility index (Phi) is 14.5. The summed E-state index contributed by atoms with van der Waals surface area (Å²) in [7, 11) is 0. The van der Waals surface area contributed by atoms with Crippen molar-refractivity contribution in [1.82, 2.24) is 14.4 Å². The van der Waals surface area contributed by atoms with E-state index in [1.807, 2.05) is 23.1 Å². The van der Waals surface area contributed by atoms with E-state index >= 15 is 14.4 Å². The Morgan fingerprint density at radius 3 is 2.13 bits per heavy atom. The Hall–Kier alpha value is -4.96. The molecule has 6 aliphatic carbocycles. The van der Waals surface area contributed by atoms with Crippen LogP contribution in [0, 0.1) is 50.2 Å². The first-order valence-electron chi connectivity index (χ1n) is 28.6. The molecule has 0 radical (unpaired) electrons. The second-order valence-electron chi connectivity index (χ2n) is 25.6. The molecular weight excluding hydrogens is 956 g/mol. The summed E-state index contributed by atoms with van der Waals surface area (Å²) in [5.74, 6) is 1.06. The molecule has 8 aliphatic rings. The normalized spacial score (nSPS) is 30.7. The quantitative estimate of drug-likeness (QED) is 0.0937. The van der Waals surface area contributed by atoms with Crippen LogP contribution in [-0.4, -0.2) is 91.8 Å². The molecule has 1 saturated heterocycles. The van der Waals surface area contributed by atoms with Gasteiger partial charge in [-0.3, -0.25) is 19.2 Å². The van der Waals surface area contributed by atoms with Crippen molar-refractivity contribution < 1.29 is 40.7 Å². The van der Waals surface area contributed by atoms with E-state index in [9.17, 15) is 4.79 Å². The molecule has 0 bridgehead atoms. The van der Waals surface area contributed by atoms with Crippen molar-refractivity contribution in [2.45, 2.75) is 147 Å². The minimum atomic E-state index is -0.592. The monoisotopic (exact) mass is 1040 g/mol. The van der Waals surface area contributed by atoms with Gasteiger partial charge in [-0.05, 0) is 155 Å². The third-order valence-corrected chi connectivity index (χ3v) is 21.3. The van der Waals surface area contributed by atoms with Gasteiger partial charge in [-0.25, -0.2) is 4.58 Å². The lowest BCUT2D eigenvalue weighted by Gasteiger charge is -2.70. The van der Waals surface area contributed by atoms with E-state index in [2.05, 4.69) is 139 Å². The van der Waals surface area contributed by atoms with Gasteiger partial charge in [0.2, 0.25) is 11.3 Å². The Labute approximate surface area is 453 Å². The van der Waals surface area contributed by atoms with Crippen LogP contribution < -0.4 is 27.2 Å². The van der Waals surface area contributed by atoms with Gasteiger partial charge in [0.05, 0.1) is 11.5 Å². The van der Waals surface area contributed by atoms with E-state index in [0.29, 0.717) is 31.7 Å². The number of ether oxygens (including phenoxy) is 1. The van der Waals surface area contributed by atoms with E-state index in [0.717, 1.165) is 128 Å². The maximum absolute atomic E-state index is 15.7. The third-order valence-electron chi connectivity index (χ3n) is 21.3. The Morgan fingerprint density at radius 1 is 0.773 bits per heavy atom. The highest BCUT2D eigenvalue weighted by molar-refractivity contribution is 6.09. The number of rotatable bonds is 9. The average Bonchev–Trinajstić information content (AvgIpc) is 3.44. The van der Waals surface area contributed by atoms with Gasteiger partial charge in [0.1, 0.15) is 30.5 Å². The zero-order valence-corrected chi connectivity index (χ0v) is 48.1. The molecule has 10 nitrogen and oxygen atoms in total. The first-order valence-corrected chi connectivity index (χ1v) is 28.6. The fourth-order valence-corrected chi connectivity index (χ4v) is 17.1.